The van der Waals surface area contributed by atoms with Crippen molar-refractivity contribution in [3.63, 3.8) is 0 Å². The van der Waals surface area contributed by atoms with Crippen LogP contribution in [0.1, 0.15) is 66.2 Å². The van der Waals surface area contributed by atoms with E-state index in [1.165, 1.54) is 93.9 Å². The Morgan fingerprint density at radius 3 is 1.95 bits per heavy atom. The zero-order chi connectivity index (χ0) is 37.9. The first kappa shape index (κ1) is 32.5. The summed E-state index contributed by atoms with van der Waals surface area (Å²) in [6.07, 6.45) is 4.04. The molecule has 0 amide bonds. The van der Waals surface area contributed by atoms with Crippen molar-refractivity contribution in [2.45, 2.75) is 43.7 Å². The molecule has 1 atom stereocenters. The van der Waals surface area contributed by atoms with Crippen molar-refractivity contribution in [1.29, 1.82) is 0 Å². The first-order valence-corrected chi connectivity index (χ1v) is 20.3. The van der Waals surface area contributed by atoms with Crippen molar-refractivity contribution in [1.82, 2.24) is 9.88 Å². The van der Waals surface area contributed by atoms with Crippen molar-refractivity contribution < 1.29 is 0 Å². The van der Waals surface area contributed by atoms with Crippen LogP contribution in [0.3, 0.4) is 0 Å². The van der Waals surface area contributed by atoms with Crippen molar-refractivity contribution in [3.8, 4) is 0 Å². The summed E-state index contributed by atoms with van der Waals surface area (Å²) in [6.45, 7) is 4.75. The summed E-state index contributed by atoms with van der Waals surface area (Å²) in [4.78, 5) is 5.88. The fourth-order valence-electron chi connectivity index (χ4n) is 11.0. The largest absolute Gasteiger partial charge is 0.343 e. The topological polar surface area (TPSA) is 29.3 Å². The number of aromatic nitrogens is 1. The molecule has 3 heteroatoms. The molecule has 0 bridgehead atoms. The van der Waals surface area contributed by atoms with E-state index in [0.717, 1.165) is 18.7 Å². The van der Waals surface area contributed by atoms with Gasteiger partial charge in [-0.3, -0.25) is 0 Å². The van der Waals surface area contributed by atoms with E-state index in [4.69, 9.17) is 4.99 Å². The highest BCUT2D eigenvalue weighted by Gasteiger charge is 2.49. The van der Waals surface area contributed by atoms with Gasteiger partial charge in [0.1, 0.15) is 5.84 Å². The van der Waals surface area contributed by atoms with E-state index in [1.54, 1.807) is 0 Å². The van der Waals surface area contributed by atoms with Gasteiger partial charge in [0.05, 0.1) is 16.4 Å². The molecule has 3 aliphatic carbocycles. The molecule has 0 saturated heterocycles. The Balaban J connectivity index is 1.11. The predicted molar refractivity (Wildman–Crippen MR) is 236 cm³/mol. The third kappa shape index (κ3) is 4.40. The number of hydrogen-bond donors (Lipinski definition) is 1. The summed E-state index contributed by atoms with van der Waals surface area (Å²) in [5.74, 6) is 0.979. The molecule has 1 N–H and O–H groups in total. The number of nitrogens with one attached hydrogen (secondary N) is 1. The highest BCUT2D eigenvalue weighted by molar-refractivity contribution is 6.14. The molecule has 0 saturated carbocycles. The van der Waals surface area contributed by atoms with Gasteiger partial charge in [-0.15, -0.1) is 0 Å². The van der Waals surface area contributed by atoms with Crippen LogP contribution < -0.4 is 5.32 Å². The second-order valence-corrected chi connectivity index (χ2v) is 16.6. The van der Waals surface area contributed by atoms with Gasteiger partial charge >= 0.3 is 0 Å². The Morgan fingerprint density at radius 2 is 1.19 bits per heavy atom. The van der Waals surface area contributed by atoms with Crippen LogP contribution in [-0.4, -0.2) is 10.4 Å². The highest BCUT2D eigenvalue weighted by atomic mass is 15.2. The standard InChI is InChI=1S/C54H41N3/c1-53(2)44-26-14-12-25-41(44)49-50(53)55-51(56-52(49)57-47-28-16-13-24-40(47)43-31-34-17-9-10-18-35(34)33-48(43)57)36-29-30-46-42(32-36)39-23-11-15-27-45(39)54(46,37-19-5-3-6-20-37)38-21-7-4-8-22-38/h3-28,31-33,52H,29-30H2,1-2H3,(H,55,56). The number of allylic oxidation sites excluding steroid dienone is 4. The summed E-state index contributed by atoms with van der Waals surface area (Å²) in [5, 5.41) is 9.07. The monoisotopic (exact) mass is 731 g/mol. The van der Waals surface area contributed by atoms with E-state index in [-0.39, 0.29) is 17.0 Å². The van der Waals surface area contributed by atoms with Gasteiger partial charge in [0, 0.05) is 27.5 Å². The van der Waals surface area contributed by atoms with Crippen molar-refractivity contribution >= 4 is 49.6 Å². The molecule has 1 aliphatic heterocycles. The number of hydrogen-bond acceptors (Lipinski definition) is 2. The molecule has 8 aromatic rings. The zero-order valence-corrected chi connectivity index (χ0v) is 32.1. The summed E-state index contributed by atoms with van der Waals surface area (Å²) < 4.78 is 2.53. The number of amidine groups is 1. The van der Waals surface area contributed by atoms with Gasteiger partial charge in [0.25, 0.3) is 0 Å². The summed E-state index contributed by atoms with van der Waals surface area (Å²) >= 11 is 0. The van der Waals surface area contributed by atoms with E-state index in [2.05, 4.69) is 200 Å². The number of aliphatic imine (C=N–C) groups is 1. The molecule has 272 valence electrons. The molecule has 7 aromatic carbocycles. The maximum absolute atomic E-state index is 5.88. The minimum Gasteiger partial charge on any atom is -0.343 e. The molecule has 12 rings (SSSR count). The van der Waals surface area contributed by atoms with Gasteiger partial charge in [0.15, 0.2) is 6.17 Å². The molecule has 1 aromatic heterocycles. The summed E-state index contributed by atoms with van der Waals surface area (Å²) in [5.41, 5.74) is 16.3. The highest BCUT2D eigenvalue weighted by Crippen LogP contribution is 2.58. The molecular formula is C54H41N3. The predicted octanol–water partition coefficient (Wildman–Crippen LogP) is 12.7. The van der Waals surface area contributed by atoms with E-state index in [1.807, 2.05) is 0 Å². The lowest BCUT2D eigenvalue weighted by atomic mass is 9.65. The van der Waals surface area contributed by atoms with Crippen LogP contribution in [0.15, 0.2) is 198 Å². The molecule has 4 aliphatic rings. The lowest BCUT2D eigenvalue weighted by Crippen LogP contribution is -2.38. The average Bonchev–Trinajstić information content (AvgIpc) is 3.84. The van der Waals surface area contributed by atoms with E-state index >= 15 is 0 Å². The fraction of sp³-hybridized carbons (Fsp3) is 0.130. The van der Waals surface area contributed by atoms with Crippen LogP contribution in [0, 0.1) is 0 Å². The van der Waals surface area contributed by atoms with Gasteiger partial charge in [-0.05, 0) is 98.0 Å². The molecule has 57 heavy (non-hydrogen) atoms. The number of nitrogens with zero attached hydrogens (tertiary/aromatic N) is 2. The summed E-state index contributed by atoms with van der Waals surface area (Å²) in [7, 11) is 0. The van der Waals surface area contributed by atoms with Crippen LogP contribution in [0.5, 0.6) is 0 Å². The molecule has 3 nitrogen and oxygen atoms in total. The maximum atomic E-state index is 5.88. The number of rotatable bonds is 4. The van der Waals surface area contributed by atoms with Gasteiger partial charge in [-0.25, -0.2) is 4.99 Å². The van der Waals surface area contributed by atoms with E-state index in [9.17, 15) is 0 Å². The molecule has 0 spiro atoms. The Kier molecular flexibility index (Phi) is 6.79. The third-order valence-electron chi connectivity index (χ3n) is 13.4. The first-order valence-electron chi connectivity index (χ1n) is 20.3. The van der Waals surface area contributed by atoms with Crippen LogP contribution in [0.2, 0.25) is 0 Å². The Labute approximate surface area is 333 Å². The van der Waals surface area contributed by atoms with Gasteiger partial charge in [0.2, 0.25) is 0 Å². The smallest absolute Gasteiger partial charge is 0.156 e. The minimum absolute atomic E-state index is 0.230. The average molecular weight is 732 g/mol. The molecule has 2 heterocycles. The quantitative estimate of drug-likeness (QED) is 0.192. The zero-order valence-electron chi connectivity index (χ0n) is 32.1. The Hall–Kier alpha value is -6.71. The maximum Gasteiger partial charge on any atom is 0.156 e. The second kappa shape index (κ2) is 11.9. The van der Waals surface area contributed by atoms with Crippen LogP contribution >= 0.6 is 0 Å². The minimum atomic E-state index is -0.364. The first-order chi connectivity index (χ1) is 28.0. The fourth-order valence-corrected chi connectivity index (χ4v) is 11.0. The van der Waals surface area contributed by atoms with E-state index in [0.29, 0.717) is 0 Å². The van der Waals surface area contributed by atoms with Gasteiger partial charge < -0.3 is 9.88 Å². The van der Waals surface area contributed by atoms with Crippen LogP contribution in [-0.2, 0) is 10.8 Å². The molecule has 0 radical (unpaired) electrons. The van der Waals surface area contributed by atoms with Crippen molar-refractivity contribution in [2.24, 2.45) is 4.99 Å². The van der Waals surface area contributed by atoms with Crippen molar-refractivity contribution in [3.05, 3.63) is 226 Å². The van der Waals surface area contributed by atoms with Crippen LogP contribution in [0.25, 0.3) is 43.7 Å². The Morgan fingerprint density at radius 1 is 0.579 bits per heavy atom. The van der Waals surface area contributed by atoms with Crippen molar-refractivity contribution in [2.75, 3.05) is 0 Å². The lowest BCUT2D eigenvalue weighted by molar-refractivity contribution is 0.590. The number of benzene rings is 7. The van der Waals surface area contributed by atoms with Gasteiger partial charge in [-0.1, -0.05) is 166 Å². The third-order valence-corrected chi connectivity index (χ3v) is 13.4. The lowest BCUT2D eigenvalue weighted by Gasteiger charge is -2.37. The van der Waals surface area contributed by atoms with Crippen LogP contribution in [0.4, 0.5) is 0 Å². The molecular weight excluding hydrogens is 691 g/mol. The molecule has 0 fully saturated rings. The number of para-hydroxylation sites is 1. The summed E-state index contributed by atoms with van der Waals surface area (Å²) in [6, 6.07) is 62.8. The van der Waals surface area contributed by atoms with E-state index < -0.39 is 0 Å². The van der Waals surface area contributed by atoms with Gasteiger partial charge in [-0.2, -0.15) is 0 Å². The number of fused-ring (bicyclic) bond motifs is 8. The Bertz CT molecular complexity index is 3080. The SMILES string of the molecule is CC1(C)C2=C(c3ccccc31)C(n1c3ccccc3c3cc4ccccc4cc31)N=C(C1=CC3=C(CC1)C(c1ccccc1)(c1ccccc1)c1ccccc13)N2. The second-order valence-electron chi connectivity index (χ2n) is 16.6. The molecule has 1 unspecified atom stereocenters. The normalized spacial score (nSPS) is 18.9.